The summed E-state index contributed by atoms with van der Waals surface area (Å²) in [6.45, 7) is 7.99. The van der Waals surface area contributed by atoms with Crippen LogP contribution < -0.4 is 0 Å². The average molecular weight is 180 g/mol. The van der Waals surface area contributed by atoms with Crippen LogP contribution in [-0.2, 0) is 9.53 Å². The summed E-state index contributed by atoms with van der Waals surface area (Å²) in [6, 6.07) is 0. The first-order chi connectivity index (χ1) is 6.15. The lowest BCUT2D eigenvalue weighted by atomic mass is 10.1. The van der Waals surface area contributed by atoms with Crippen molar-refractivity contribution in [2.24, 2.45) is 5.92 Å². The number of esters is 1. The summed E-state index contributed by atoms with van der Waals surface area (Å²) >= 11 is 0. The number of ether oxygens (including phenoxy) is 1. The third-order valence-corrected chi connectivity index (χ3v) is 2.51. The Bertz CT molecular complexity index is 237. The highest BCUT2D eigenvalue weighted by Gasteiger charge is 2.26. The van der Waals surface area contributed by atoms with Gasteiger partial charge in [0.05, 0.1) is 5.92 Å². The van der Waals surface area contributed by atoms with Crippen molar-refractivity contribution in [1.82, 2.24) is 0 Å². The molecule has 0 saturated heterocycles. The molecule has 0 aromatic rings. The molecule has 0 amide bonds. The normalized spacial score (nSPS) is 17.7. The molecule has 0 aliphatic heterocycles. The van der Waals surface area contributed by atoms with Crippen LogP contribution >= 0.6 is 0 Å². The summed E-state index contributed by atoms with van der Waals surface area (Å²) in [4.78, 5) is 11.4. The van der Waals surface area contributed by atoms with Crippen LogP contribution in [0.15, 0.2) is 23.8 Å². The van der Waals surface area contributed by atoms with Crippen molar-refractivity contribution in [2.75, 3.05) is 6.61 Å². The molecule has 1 aliphatic carbocycles. The van der Waals surface area contributed by atoms with Crippen LogP contribution in [0.1, 0.15) is 26.7 Å². The molecule has 0 unspecified atom stereocenters. The third-order valence-electron chi connectivity index (χ3n) is 2.51. The molecule has 0 saturated carbocycles. The minimum absolute atomic E-state index is 0.0555. The predicted octanol–water partition coefficient (Wildman–Crippen LogP) is 2.46. The fourth-order valence-electron chi connectivity index (χ4n) is 1.59. The van der Waals surface area contributed by atoms with E-state index in [1.165, 1.54) is 11.1 Å². The van der Waals surface area contributed by atoms with Crippen LogP contribution in [0.3, 0.4) is 0 Å². The van der Waals surface area contributed by atoms with E-state index in [1.54, 1.807) is 6.08 Å². The smallest absolute Gasteiger partial charge is 0.309 e. The van der Waals surface area contributed by atoms with E-state index < -0.39 is 0 Å². The van der Waals surface area contributed by atoms with Gasteiger partial charge >= 0.3 is 5.97 Å². The van der Waals surface area contributed by atoms with E-state index in [-0.39, 0.29) is 11.9 Å². The van der Waals surface area contributed by atoms with Gasteiger partial charge in [0.15, 0.2) is 0 Å². The van der Waals surface area contributed by atoms with E-state index in [9.17, 15) is 4.79 Å². The Kier molecular flexibility index (Phi) is 3.29. The van der Waals surface area contributed by atoms with Crippen LogP contribution in [0.4, 0.5) is 0 Å². The van der Waals surface area contributed by atoms with Gasteiger partial charge < -0.3 is 4.74 Å². The highest BCUT2D eigenvalue weighted by molar-refractivity contribution is 5.74. The molecule has 13 heavy (non-hydrogen) atoms. The van der Waals surface area contributed by atoms with Gasteiger partial charge in [-0.05, 0) is 26.7 Å². The molecule has 72 valence electrons. The first-order valence-corrected chi connectivity index (χ1v) is 4.58. The molecule has 0 fully saturated rings. The van der Waals surface area contributed by atoms with Gasteiger partial charge in [-0.2, -0.15) is 0 Å². The van der Waals surface area contributed by atoms with Gasteiger partial charge in [-0.15, -0.1) is 0 Å². The molecule has 0 aromatic heterocycles. The molecule has 1 aliphatic rings. The number of hydrogen-bond donors (Lipinski definition) is 0. The minimum Gasteiger partial charge on any atom is -0.461 e. The fraction of sp³-hybridized carbons (Fsp3) is 0.545. The number of rotatable bonds is 3. The lowest BCUT2D eigenvalue weighted by Crippen LogP contribution is -2.15. The lowest BCUT2D eigenvalue weighted by molar-refractivity contribution is -0.146. The second-order valence-corrected chi connectivity index (χ2v) is 3.58. The van der Waals surface area contributed by atoms with Crippen LogP contribution in [0, 0.1) is 5.92 Å². The Morgan fingerprint density at radius 2 is 2.08 bits per heavy atom. The molecule has 0 radical (unpaired) electrons. The largest absolute Gasteiger partial charge is 0.461 e. The molecule has 0 heterocycles. The zero-order chi connectivity index (χ0) is 9.84. The van der Waals surface area contributed by atoms with Crippen LogP contribution in [0.5, 0.6) is 0 Å². The lowest BCUT2D eigenvalue weighted by Gasteiger charge is -2.08. The van der Waals surface area contributed by atoms with Gasteiger partial charge in [-0.1, -0.05) is 23.8 Å². The maximum Gasteiger partial charge on any atom is 0.309 e. The first kappa shape index (κ1) is 10.0. The van der Waals surface area contributed by atoms with Crippen LogP contribution in [0.2, 0.25) is 0 Å². The highest BCUT2D eigenvalue weighted by atomic mass is 16.5. The van der Waals surface area contributed by atoms with Crippen molar-refractivity contribution in [2.45, 2.75) is 26.7 Å². The summed E-state index contributed by atoms with van der Waals surface area (Å²) < 4.78 is 4.99. The molecule has 2 nitrogen and oxygen atoms in total. The molecule has 0 N–H and O–H groups in total. The minimum atomic E-state index is -0.0869. The molecule has 1 rings (SSSR count). The maximum atomic E-state index is 11.4. The maximum absolute atomic E-state index is 11.4. The SMILES string of the molecule is C=CCOC(=O)C1CC(C)=C(C)C1. The Morgan fingerprint density at radius 3 is 2.54 bits per heavy atom. The van der Waals surface area contributed by atoms with E-state index in [2.05, 4.69) is 20.4 Å². The van der Waals surface area contributed by atoms with E-state index in [1.807, 2.05) is 0 Å². The second kappa shape index (κ2) is 4.26. The van der Waals surface area contributed by atoms with Gasteiger partial charge in [0.2, 0.25) is 0 Å². The number of hydrogen-bond acceptors (Lipinski definition) is 2. The Morgan fingerprint density at radius 1 is 1.54 bits per heavy atom. The van der Waals surface area contributed by atoms with Crippen molar-refractivity contribution >= 4 is 5.97 Å². The standard InChI is InChI=1S/C11H16O2/c1-4-5-13-11(12)10-6-8(2)9(3)7-10/h4,10H,1,5-7H2,2-3H3. The molecule has 0 bridgehead atoms. The second-order valence-electron chi connectivity index (χ2n) is 3.58. The van der Waals surface area contributed by atoms with E-state index >= 15 is 0 Å². The number of carbonyl (C=O) groups is 1. The molecular weight excluding hydrogens is 164 g/mol. The number of allylic oxidation sites excluding steroid dienone is 2. The summed E-state index contributed by atoms with van der Waals surface area (Å²) in [5.74, 6) is -0.0314. The van der Waals surface area contributed by atoms with Crippen molar-refractivity contribution in [3.63, 3.8) is 0 Å². The predicted molar refractivity (Wildman–Crippen MR) is 52.3 cm³/mol. The van der Waals surface area contributed by atoms with Crippen molar-refractivity contribution < 1.29 is 9.53 Å². The highest BCUT2D eigenvalue weighted by Crippen LogP contribution is 2.31. The van der Waals surface area contributed by atoms with Gasteiger partial charge in [0, 0.05) is 0 Å². The molecule has 0 spiro atoms. The molecule has 2 heteroatoms. The van der Waals surface area contributed by atoms with Crippen LogP contribution in [0.25, 0.3) is 0 Å². The summed E-state index contributed by atoms with van der Waals surface area (Å²) in [6.07, 6.45) is 3.32. The van der Waals surface area contributed by atoms with Gasteiger partial charge in [0.25, 0.3) is 0 Å². The molecule has 0 aromatic carbocycles. The van der Waals surface area contributed by atoms with E-state index in [0.717, 1.165) is 12.8 Å². The Hall–Kier alpha value is -1.05. The summed E-state index contributed by atoms with van der Waals surface area (Å²) in [5.41, 5.74) is 2.67. The molecular formula is C11H16O2. The quantitative estimate of drug-likeness (QED) is 0.492. The monoisotopic (exact) mass is 180 g/mol. The van der Waals surface area contributed by atoms with Gasteiger partial charge in [-0.25, -0.2) is 0 Å². The number of carbonyl (C=O) groups excluding carboxylic acids is 1. The van der Waals surface area contributed by atoms with Crippen molar-refractivity contribution in [3.8, 4) is 0 Å². The van der Waals surface area contributed by atoms with E-state index in [0.29, 0.717) is 6.61 Å². The molecule has 0 atom stereocenters. The summed E-state index contributed by atoms with van der Waals surface area (Å²) in [5, 5.41) is 0. The van der Waals surface area contributed by atoms with Crippen molar-refractivity contribution in [1.29, 1.82) is 0 Å². The zero-order valence-corrected chi connectivity index (χ0v) is 8.30. The third kappa shape index (κ3) is 2.44. The topological polar surface area (TPSA) is 26.3 Å². The van der Waals surface area contributed by atoms with Gasteiger partial charge in [-0.3, -0.25) is 4.79 Å². The average Bonchev–Trinajstić information content (AvgIpc) is 2.43. The van der Waals surface area contributed by atoms with Crippen LogP contribution in [-0.4, -0.2) is 12.6 Å². The van der Waals surface area contributed by atoms with Gasteiger partial charge in [0.1, 0.15) is 6.61 Å². The Balaban J connectivity index is 2.40. The first-order valence-electron chi connectivity index (χ1n) is 4.58. The summed E-state index contributed by atoms with van der Waals surface area (Å²) in [7, 11) is 0. The van der Waals surface area contributed by atoms with E-state index in [4.69, 9.17) is 4.74 Å². The zero-order valence-electron chi connectivity index (χ0n) is 8.30. The van der Waals surface area contributed by atoms with Crippen molar-refractivity contribution in [3.05, 3.63) is 23.8 Å². The Labute approximate surface area is 79.3 Å². The fourth-order valence-corrected chi connectivity index (χ4v) is 1.59.